The van der Waals surface area contributed by atoms with Gasteiger partial charge in [-0.1, -0.05) is 13.8 Å². The van der Waals surface area contributed by atoms with Gasteiger partial charge in [0, 0.05) is 37.6 Å². The summed E-state index contributed by atoms with van der Waals surface area (Å²) >= 11 is 1.56. The van der Waals surface area contributed by atoms with Crippen LogP contribution in [0.15, 0.2) is 11.6 Å². The molecule has 116 valence electrons. The lowest BCUT2D eigenvalue weighted by Gasteiger charge is -2.28. The highest BCUT2D eigenvalue weighted by Crippen LogP contribution is 2.38. The molecule has 1 fully saturated rings. The number of carbonyl (C=O) groups excluding carboxylic acids is 1. The fraction of sp³-hybridized carbons (Fsp3) is 0.643. The van der Waals surface area contributed by atoms with Gasteiger partial charge in [0.05, 0.1) is 10.4 Å². The summed E-state index contributed by atoms with van der Waals surface area (Å²) in [7, 11) is 0. The van der Waals surface area contributed by atoms with Crippen molar-refractivity contribution in [3.63, 3.8) is 0 Å². The third-order valence-corrected chi connectivity index (χ3v) is 5.06. The van der Waals surface area contributed by atoms with E-state index in [4.69, 9.17) is 0 Å². The molecule has 1 aromatic rings. The van der Waals surface area contributed by atoms with Gasteiger partial charge in [0.15, 0.2) is 0 Å². The number of aromatic nitrogens is 1. The highest BCUT2D eigenvalue weighted by atomic mass is 32.1. The number of hydrogen-bond acceptors (Lipinski definition) is 4. The van der Waals surface area contributed by atoms with Crippen molar-refractivity contribution in [3.05, 3.63) is 16.6 Å². The van der Waals surface area contributed by atoms with Crippen LogP contribution in [-0.4, -0.2) is 46.6 Å². The zero-order valence-electron chi connectivity index (χ0n) is 12.3. The maximum absolute atomic E-state index is 12.1. The lowest BCUT2D eigenvalue weighted by Crippen LogP contribution is -2.44. The van der Waals surface area contributed by atoms with Gasteiger partial charge < -0.3 is 15.3 Å². The Hall–Kier alpha value is -1.63. The highest BCUT2D eigenvalue weighted by Gasteiger charge is 2.48. The molecule has 0 aromatic carbocycles. The van der Waals surface area contributed by atoms with E-state index in [1.165, 1.54) is 0 Å². The van der Waals surface area contributed by atoms with Gasteiger partial charge in [-0.3, -0.25) is 4.79 Å². The second-order valence-electron chi connectivity index (χ2n) is 5.70. The van der Waals surface area contributed by atoms with Crippen LogP contribution in [0.4, 0.5) is 4.79 Å². The molecule has 21 heavy (non-hydrogen) atoms. The summed E-state index contributed by atoms with van der Waals surface area (Å²) in [6, 6.07) is -0.185. The summed E-state index contributed by atoms with van der Waals surface area (Å²) < 4.78 is 0. The number of amides is 2. The first kappa shape index (κ1) is 15.8. The maximum atomic E-state index is 12.1. The molecule has 2 heterocycles. The number of carbonyl (C=O) groups is 2. The van der Waals surface area contributed by atoms with Crippen molar-refractivity contribution in [1.82, 2.24) is 15.2 Å². The van der Waals surface area contributed by atoms with Gasteiger partial charge in [0.25, 0.3) is 0 Å². The Bertz CT molecular complexity index is 504. The van der Waals surface area contributed by atoms with Crippen molar-refractivity contribution in [2.75, 3.05) is 19.6 Å². The van der Waals surface area contributed by atoms with Crippen molar-refractivity contribution < 1.29 is 14.7 Å². The Labute approximate surface area is 128 Å². The number of likely N-dealkylation sites (tertiary alicyclic amines) is 1. The largest absolute Gasteiger partial charge is 0.481 e. The first-order valence-electron chi connectivity index (χ1n) is 7.10. The summed E-state index contributed by atoms with van der Waals surface area (Å²) in [6.07, 6.45) is 2.96. The number of nitrogens with zero attached hydrogens (tertiary/aromatic N) is 2. The van der Waals surface area contributed by atoms with Gasteiger partial charge in [-0.2, -0.15) is 0 Å². The van der Waals surface area contributed by atoms with E-state index in [0.717, 1.165) is 5.01 Å². The standard InChI is InChI=1S/C14H21N3O3S/c1-10(2)14(12(18)19)4-7-17(9-14)13(20)16-5-3-11-15-6-8-21-11/h6,8,10H,3-5,7,9H2,1-2H3,(H,16,20)(H,18,19). The summed E-state index contributed by atoms with van der Waals surface area (Å²) in [5.74, 6) is -0.807. The van der Waals surface area contributed by atoms with E-state index in [9.17, 15) is 14.7 Å². The summed E-state index contributed by atoms with van der Waals surface area (Å²) in [4.78, 5) is 29.4. The van der Waals surface area contributed by atoms with Crippen molar-refractivity contribution in [2.45, 2.75) is 26.7 Å². The second kappa shape index (κ2) is 6.43. The Morgan fingerprint density at radius 2 is 2.33 bits per heavy atom. The number of carboxylic acid groups (broad SMARTS) is 1. The first-order chi connectivity index (χ1) is 9.95. The van der Waals surface area contributed by atoms with Crippen LogP contribution in [-0.2, 0) is 11.2 Å². The summed E-state index contributed by atoms with van der Waals surface area (Å²) in [5.41, 5.74) is -0.813. The fourth-order valence-corrected chi connectivity index (χ4v) is 3.28. The van der Waals surface area contributed by atoms with Crippen molar-refractivity contribution in [2.24, 2.45) is 11.3 Å². The van der Waals surface area contributed by atoms with E-state index in [1.807, 2.05) is 19.2 Å². The van der Waals surface area contributed by atoms with Crippen LogP contribution in [0.3, 0.4) is 0 Å². The van der Waals surface area contributed by atoms with Gasteiger partial charge in [-0.05, 0) is 12.3 Å². The Kier molecular flexibility index (Phi) is 4.82. The van der Waals surface area contributed by atoms with E-state index in [1.54, 1.807) is 22.4 Å². The number of aliphatic carboxylic acids is 1. The van der Waals surface area contributed by atoms with E-state index in [0.29, 0.717) is 25.9 Å². The zero-order valence-corrected chi connectivity index (χ0v) is 13.2. The molecule has 1 aromatic heterocycles. The lowest BCUT2D eigenvalue weighted by atomic mass is 9.76. The molecule has 2 rings (SSSR count). The predicted molar refractivity (Wildman–Crippen MR) is 80.3 cm³/mol. The Morgan fingerprint density at radius 3 is 2.86 bits per heavy atom. The van der Waals surface area contributed by atoms with Crippen LogP contribution in [0, 0.1) is 11.3 Å². The molecule has 1 atom stereocenters. The maximum Gasteiger partial charge on any atom is 0.317 e. The number of rotatable bonds is 5. The Morgan fingerprint density at radius 1 is 1.57 bits per heavy atom. The molecule has 0 spiro atoms. The van der Waals surface area contributed by atoms with E-state index < -0.39 is 11.4 Å². The molecule has 2 N–H and O–H groups in total. The molecule has 0 bridgehead atoms. The van der Waals surface area contributed by atoms with Crippen molar-refractivity contribution in [3.8, 4) is 0 Å². The fourth-order valence-electron chi connectivity index (χ4n) is 2.66. The third-order valence-electron chi connectivity index (χ3n) is 4.22. The van der Waals surface area contributed by atoms with Crippen LogP contribution in [0.1, 0.15) is 25.3 Å². The molecule has 2 amide bonds. The van der Waals surface area contributed by atoms with Gasteiger partial charge >= 0.3 is 12.0 Å². The predicted octanol–water partition coefficient (Wildman–Crippen LogP) is 1.83. The topological polar surface area (TPSA) is 82.5 Å². The number of carboxylic acids is 1. The number of hydrogen-bond donors (Lipinski definition) is 2. The van der Waals surface area contributed by atoms with E-state index in [2.05, 4.69) is 10.3 Å². The molecule has 1 saturated heterocycles. The second-order valence-corrected chi connectivity index (χ2v) is 6.67. The SMILES string of the molecule is CC(C)C1(C(=O)O)CCN(C(=O)NCCc2nccs2)C1. The van der Waals surface area contributed by atoms with Crippen LogP contribution in [0.2, 0.25) is 0 Å². The molecular formula is C14H21N3O3S. The molecular weight excluding hydrogens is 290 g/mol. The monoisotopic (exact) mass is 311 g/mol. The average molecular weight is 311 g/mol. The van der Waals surface area contributed by atoms with E-state index >= 15 is 0 Å². The van der Waals surface area contributed by atoms with Crippen molar-refractivity contribution in [1.29, 1.82) is 0 Å². The van der Waals surface area contributed by atoms with Gasteiger partial charge in [-0.15, -0.1) is 11.3 Å². The molecule has 0 saturated carbocycles. The summed E-state index contributed by atoms with van der Waals surface area (Å²) in [5, 5.41) is 15.2. The zero-order chi connectivity index (χ0) is 15.5. The highest BCUT2D eigenvalue weighted by molar-refractivity contribution is 7.09. The molecule has 1 aliphatic rings. The van der Waals surface area contributed by atoms with Crippen LogP contribution >= 0.6 is 11.3 Å². The Balaban J connectivity index is 1.85. The molecule has 1 unspecified atom stereocenters. The first-order valence-corrected chi connectivity index (χ1v) is 7.98. The van der Waals surface area contributed by atoms with E-state index in [-0.39, 0.29) is 18.5 Å². The number of urea groups is 1. The quantitative estimate of drug-likeness (QED) is 0.869. The van der Waals surface area contributed by atoms with Crippen molar-refractivity contribution >= 4 is 23.3 Å². The minimum Gasteiger partial charge on any atom is -0.481 e. The van der Waals surface area contributed by atoms with Crippen LogP contribution < -0.4 is 5.32 Å². The minimum absolute atomic E-state index is 0.00289. The number of nitrogens with one attached hydrogen (secondary N) is 1. The lowest BCUT2D eigenvalue weighted by molar-refractivity contribution is -0.150. The van der Waals surface area contributed by atoms with Gasteiger partial charge in [0.1, 0.15) is 0 Å². The third kappa shape index (κ3) is 3.34. The van der Waals surface area contributed by atoms with Gasteiger partial charge in [0.2, 0.25) is 0 Å². The normalized spacial score (nSPS) is 21.8. The molecule has 0 aliphatic carbocycles. The van der Waals surface area contributed by atoms with Gasteiger partial charge in [-0.25, -0.2) is 9.78 Å². The molecule has 0 radical (unpaired) electrons. The molecule has 7 heteroatoms. The smallest absolute Gasteiger partial charge is 0.317 e. The average Bonchev–Trinajstić information content (AvgIpc) is 3.08. The molecule has 1 aliphatic heterocycles. The summed E-state index contributed by atoms with van der Waals surface area (Å²) in [6.45, 7) is 5.09. The number of thiazole rings is 1. The van der Waals surface area contributed by atoms with Crippen LogP contribution in [0.5, 0.6) is 0 Å². The van der Waals surface area contributed by atoms with Crippen LogP contribution in [0.25, 0.3) is 0 Å². The minimum atomic E-state index is -0.813. The molecule has 6 nitrogen and oxygen atoms in total.